The van der Waals surface area contributed by atoms with Gasteiger partial charge in [0, 0.05) is 40.7 Å². The van der Waals surface area contributed by atoms with Gasteiger partial charge in [-0.3, -0.25) is 0 Å². The first-order valence-corrected chi connectivity index (χ1v) is 16.9. The largest absolute Gasteiger partial charge is 0.454 e. The highest BCUT2D eigenvalue weighted by Gasteiger charge is 2.68. The quantitative estimate of drug-likeness (QED) is 0.186. The van der Waals surface area contributed by atoms with Crippen LogP contribution in [0.2, 0.25) is 0 Å². The van der Waals surface area contributed by atoms with Gasteiger partial charge in [-0.2, -0.15) is 5.26 Å². The number of pyridine rings is 1. The molecule has 3 aromatic carbocycles. The Labute approximate surface area is 278 Å². The summed E-state index contributed by atoms with van der Waals surface area (Å²) in [5.74, 6) is -3.98. The standard InChI is InChI=1S/C42H45F2N2O/c1-25-17-19-29-30-20-18-27(24-45)34(38(30)47-37(29)33(25)32-16-12-13-23-46(32)8)31-22-21-28(26-14-10-9-11-15-26)35-36(31)40(4,5)42(43,44)41(6,7)39(35,2)3/h12-13,16-23,26H,9-11,14-15H2,1-8H3/q+1/i26D. The summed E-state index contributed by atoms with van der Waals surface area (Å²) >= 11 is 0. The first kappa shape index (κ1) is 30.3. The van der Waals surface area contributed by atoms with E-state index in [9.17, 15) is 6.63 Å². The van der Waals surface area contributed by atoms with Crippen LogP contribution in [-0.2, 0) is 17.9 Å². The van der Waals surface area contributed by atoms with Crippen molar-refractivity contribution in [1.29, 1.82) is 5.26 Å². The molecule has 7 rings (SSSR count). The zero-order valence-corrected chi connectivity index (χ0v) is 28.9. The Balaban J connectivity index is 1.64. The molecular formula is C42H45F2N2O+. The number of hydrogen-bond acceptors (Lipinski definition) is 2. The van der Waals surface area contributed by atoms with Gasteiger partial charge < -0.3 is 4.42 Å². The Kier molecular flexibility index (Phi) is 6.76. The third-order valence-corrected chi connectivity index (χ3v) is 12.1. The second kappa shape index (κ2) is 10.5. The lowest BCUT2D eigenvalue weighted by molar-refractivity contribution is -0.660. The van der Waals surface area contributed by atoms with Crippen LogP contribution < -0.4 is 4.57 Å². The summed E-state index contributed by atoms with van der Waals surface area (Å²) < 4.78 is 53.0. The number of aryl methyl sites for hydroxylation is 2. The number of benzene rings is 3. The fourth-order valence-electron chi connectivity index (χ4n) is 8.76. The predicted octanol–water partition coefficient (Wildman–Crippen LogP) is 11.2. The van der Waals surface area contributed by atoms with Gasteiger partial charge in [-0.05, 0) is 85.5 Å². The van der Waals surface area contributed by atoms with Gasteiger partial charge in [-0.25, -0.2) is 13.3 Å². The molecule has 2 aliphatic carbocycles. The average Bonchev–Trinajstić information content (AvgIpc) is 3.42. The first-order chi connectivity index (χ1) is 22.5. The molecule has 5 heteroatoms. The lowest BCUT2D eigenvalue weighted by Crippen LogP contribution is -2.63. The Bertz CT molecular complexity index is 2180. The van der Waals surface area contributed by atoms with E-state index in [0.717, 1.165) is 58.0 Å². The molecule has 2 aliphatic rings. The van der Waals surface area contributed by atoms with Crippen LogP contribution in [0.5, 0.6) is 0 Å². The lowest BCUT2D eigenvalue weighted by Gasteiger charge is -2.59. The normalized spacial score (nSPS) is 20.8. The number of alkyl halides is 2. The third-order valence-electron chi connectivity index (χ3n) is 12.1. The molecule has 1 saturated carbocycles. The molecule has 1 fully saturated rings. The van der Waals surface area contributed by atoms with Crippen LogP contribution in [0.25, 0.3) is 44.3 Å². The second-order valence-electron chi connectivity index (χ2n) is 15.4. The summed E-state index contributed by atoms with van der Waals surface area (Å²) in [6.45, 7) is 12.6. The summed E-state index contributed by atoms with van der Waals surface area (Å²) in [5, 5.41) is 12.3. The minimum absolute atomic E-state index is 0.375. The fraction of sp³-hybridized carbons (Fsp3) is 0.429. The minimum atomic E-state index is -3.12. The molecule has 47 heavy (non-hydrogen) atoms. The Morgan fingerprint density at radius 2 is 1.49 bits per heavy atom. The predicted molar refractivity (Wildman–Crippen MR) is 186 cm³/mol. The molecule has 2 aromatic heterocycles. The number of nitriles is 1. The van der Waals surface area contributed by atoms with Gasteiger partial charge in [0.15, 0.2) is 6.20 Å². The molecule has 0 atom stereocenters. The zero-order valence-electron chi connectivity index (χ0n) is 29.9. The van der Waals surface area contributed by atoms with E-state index < -0.39 is 28.1 Å². The smallest absolute Gasteiger partial charge is 0.262 e. The van der Waals surface area contributed by atoms with E-state index in [-0.39, 0.29) is 0 Å². The van der Waals surface area contributed by atoms with Crippen molar-refractivity contribution in [3.05, 3.63) is 88.6 Å². The number of rotatable bonds is 3. The van der Waals surface area contributed by atoms with Gasteiger partial charge >= 0.3 is 0 Å². The van der Waals surface area contributed by atoms with E-state index in [0.29, 0.717) is 46.3 Å². The highest BCUT2D eigenvalue weighted by molar-refractivity contribution is 6.14. The van der Waals surface area contributed by atoms with Crippen LogP contribution in [0.3, 0.4) is 0 Å². The van der Waals surface area contributed by atoms with E-state index >= 15 is 8.78 Å². The Morgan fingerprint density at radius 1 is 0.830 bits per heavy atom. The molecule has 0 N–H and O–H groups in total. The van der Waals surface area contributed by atoms with Gasteiger partial charge in [0.2, 0.25) is 5.69 Å². The van der Waals surface area contributed by atoms with Crippen LogP contribution in [-0.4, -0.2) is 5.92 Å². The van der Waals surface area contributed by atoms with Crippen molar-refractivity contribution >= 4 is 21.9 Å². The van der Waals surface area contributed by atoms with Crippen molar-refractivity contribution in [1.82, 2.24) is 0 Å². The summed E-state index contributed by atoms with van der Waals surface area (Å²) in [6, 6.07) is 20.2. The highest BCUT2D eigenvalue weighted by Crippen LogP contribution is 2.66. The number of aromatic nitrogens is 1. The number of halogens is 2. The van der Waals surface area contributed by atoms with Gasteiger partial charge in [0.25, 0.3) is 5.92 Å². The van der Waals surface area contributed by atoms with Crippen LogP contribution in [0.4, 0.5) is 8.78 Å². The minimum Gasteiger partial charge on any atom is -0.454 e. The molecule has 0 unspecified atom stereocenters. The summed E-state index contributed by atoms with van der Waals surface area (Å²) in [7, 11) is 2.00. The number of hydrogen-bond donors (Lipinski definition) is 0. The maximum atomic E-state index is 17.1. The first-order valence-electron chi connectivity index (χ1n) is 17.4. The maximum absolute atomic E-state index is 17.1. The van der Waals surface area contributed by atoms with E-state index in [4.69, 9.17) is 4.42 Å². The molecule has 0 spiro atoms. The van der Waals surface area contributed by atoms with Gasteiger partial charge in [0.05, 0.1) is 22.6 Å². The molecule has 2 heterocycles. The van der Waals surface area contributed by atoms with Crippen molar-refractivity contribution in [2.75, 3.05) is 0 Å². The summed E-state index contributed by atoms with van der Waals surface area (Å²) in [6.07, 6.45) is 6.38. The molecule has 0 radical (unpaired) electrons. The monoisotopic (exact) mass is 632 g/mol. The molecule has 242 valence electrons. The lowest BCUT2D eigenvalue weighted by atomic mass is 9.47. The van der Waals surface area contributed by atoms with Crippen LogP contribution in [0.15, 0.2) is 65.2 Å². The summed E-state index contributed by atoms with van der Waals surface area (Å²) in [5.41, 5.74) is 3.91. The number of fused-ring (bicyclic) bond motifs is 4. The Hall–Kier alpha value is -4.04. The SMILES string of the molecule is [2H]C1(c2ccc(-c3c(C#N)ccc4c3oc3c(-c5cccc[n+]5C)c(C)ccc34)c3c2C(C)(C)C(C)(C)C(F)(F)C3(C)C)CCCCC1. The van der Waals surface area contributed by atoms with Crippen molar-refractivity contribution < 1.29 is 19.1 Å². The second-order valence-corrected chi connectivity index (χ2v) is 15.4. The van der Waals surface area contributed by atoms with Crippen LogP contribution in [0, 0.1) is 23.7 Å². The number of nitrogens with zero attached hydrogens (tertiary/aromatic N) is 2. The molecule has 0 aliphatic heterocycles. The van der Waals surface area contributed by atoms with Crippen molar-refractivity contribution in [2.45, 2.75) is 103 Å². The average molecular weight is 633 g/mol. The molecule has 0 bridgehead atoms. The van der Waals surface area contributed by atoms with E-state index in [2.05, 4.69) is 29.7 Å². The number of furan rings is 1. The third kappa shape index (κ3) is 4.16. The van der Waals surface area contributed by atoms with Crippen molar-refractivity contribution in [2.24, 2.45) is 12.5 Å². The Morgan fingerprint density at radius 3 is 2.15 bits per heavy atom. The fourth-order valence-corrected chi connectivity index (χ4v) is 8.76. The van der Waals surface area contributed by atoms with Crippen LogP contribution >= 0.6 is 0 Å². The van der Waals surface area contributed by atoms with Crippen LogP contribution in [0.1, 0.15) is 109 Å². The molecule has 5 aromatic rings. The van der Waals surface area contributed by atoms with E-state index in [1.807, 2.05) is 63.5 Å². The van der Waals surface area contributed by atoms with Gasteiger partial charge in [0.1, 0.15) is 18.2 Å². The maximum Gasteiger partial charge on any atom is 0.262 e. The van der Waals surface area contributed by atoms with Gasteiger partial charge in [-0.15, -0.1) is 0 Å². The van der Waals surface area contributed by atoms with E-state index in [1.165, 1.54) is 0 Å². The van der Waals surface area contributed by atoms with E-state index in [1.54, 1.807) is 33.8 Å². The molecule has 0 saturated heterocycles. The summed E-state index contributed by atoms with van der Waals surface area (Å²) in [4.78, 5) is 0. The highest BCUT2D eigenvalue weighted by atomic mass is 19.3. The molecular weight excluding hydrogens is 586 g/mol. The molecule has 0 amide bonds. The van der Waals surface area contributed by atoms with Crippen molar-refractivity contribution in [3.63, 3.8) is 0 Å². The zero-order chi connectivity index (χ0) is 34.6. The topological polar surface area (TPSA) is 40.8 Å². The molecule has 3 nitrogen and oxygen atoms in total. The van der Waals surface area contributed by atoms with Crippen molar-refractivity contribution in [3.8, 4) is 28.5 Å². The van der Waals surface area contributed by atoms with Gasteiger partial charge in [-0.1, -0.05) is 71.2 Å².